The van der Waals surface area contributed by atoms with Crippen molar-refractivity contribution in [3.63, 3.8) is 0 Å². The van der Waals surface area contributed by atoms with Gasteiger partial charge in [-0.15, -0.1) is 0 Å². The Labute approximate surface area is 93.9 Å². The van der Waals surface area contributed by atoms with Crippen molar-refractivity contribution in [2.75, 3.05) is 0 Å². The van der Waals surface area contributed by atoms with Gasteiger partial charge in [-0.05, 0) is 20.3 Å². The molecule has 0 bridgehead atoms. The van der Waals surface area contributed by atoms with E-state index in [4.69, 9.17) is 5.11 Å². The molecule has 0 heterocycles. The zero-order valence-electron chi connectivity index (χ0n) is 10.1. The molecule has 0 aliphatic heterocycles. The van der Waals surface area contributed by atoms with Crippen LogP contribution in [0.3, 0.4) is 0 Å². The first-order chi connectivity index (χ1) is 5.39. The fraction of sp³-hybridized carbons (Fsp3) is 1.00. The van der Waals surface area contributed by atoms with Crippen molar-refractivity contribution in [2.24, 2.45) is 0 Å². The maximum Gasteiger partial charge on any atom is 0.0589 e. The summed E-state index contributed by atoms with van der Waals surface area (Å²) in [6.07, 6.45) is 3.33. The van der Waals surface area contributed by atoms with Gasteiger partial charge < -0.3 is 5.11 Å². The Morgan fingerprint density at radius 2 is 0.857 bits per heavy atom. The molecular formula is C13H36O. The Kier molecular flexibility index (Phi) is 48.2. The van der Waals surface area contributed by atoms with Gasteiger partial charge in [-0.2, -0.15) is 0 Å². The van der Waals surface area contributed by atoms with Crippen LogP contribution in [0.4, 0.5) is 0 Å². The predicted molar refractivity (Wildman–Crippen MR) is 72.0 cm³/mol. The van der Waals surface area contributed by atoms with Crippen LogP contribution < -0.4 is 0 Å². The summed E-state index contributed by atoms with van der Waals surface area (Å²) in [6, 6.07) is 0. The summed E-state index contributed by atoms with van der Waals surface area (Å²) in [5.74, 6) is 0. The topological polar surface area (TPSA) is 20.2 Å². The molecule has 0 saturated heterocycles. The summed E-state index contributed by atoms with van der Waals surface area (Å²) < 4.78 is 0. The van der Waals surface area contributed by atoms with E-state index in [-0.39, 0.29) is 14.9 Å². The maximum absolute atomic E-state index is 8.83. The minimum atomic E-state index is -0.458. The summed E-state index contributed by atoms with van der Waals surface area (Å²) >= 11 is 0. The largest absolute Gasteiger partial charge is 0.390 e. The highest BCUT2D eigenvalue weighted by atomic mass is 16.3. The van der Waals surface area contributed by atoms with E-state index >= 15 is 0 Å². The molecule has 14 heavy (non-hydrogen) atoms. The van der Waals surface area contributed by atoms with Crippen molar-refractivity contribution in [1.82, 2.24) is 0 Å². The van der Waals surface area contributed by atoms with Crippen LogP contribution in [-0.4, -0.2) is 10.7 Å². The first-order valence-corrected chi connectivity index (χ1v) is 5.11. The van der Waals surface area contributed by atoms with E-state index in [1.54, 1.807) is 13.8 Å². The third-order valence-electron chi connectivity index (χ3n) is 0.865. The van der Waals surface area contributed by atoms with Crippen LogP contribution in [0.25, 0.3) is 0 Å². The summed E-state index contributed by atoms with van der Waals surface area (Å²) in [5, 5.41) is 8.83. The van der Waals surface area contributed by atoms with Gasteiger partial charge in [0, 0.05) is 0 Å². The normalized spacial score (nSPS) is 7.71. The van der Waals surface area contributed by atoms with Crippen molar-refractivity contribution in [3.05, 3.63) is 0 Å². The van der Waals surface area contributed by atoms with Gasteiger partial charge in [0.15, 0.2) is 0 Å². The number of rotatable bonds is 1. The van der Waals surface area contributed by atoms with Gasteiger partial charge in [0.25, 0.3) is 0 Å². The Balaban J connectivity index is -0.0000000297. The van der Waals surface area contributed by atoms with Crippen molar-refractivity contribution in [3.8, 4) is 0 Å². The van der Waals surface area contributed by atoms with Gasteiger partial charge in [0.1, 0.15) is 0 Å². The summed E-state index contributed by atoms with van der Waals surface area (Å²) in [7, 11) is 0. The van der Waals surface area contributed by atoms with E-state index in [0.29, 0.717) is 0 Å². The zero-order chi connectivity index (χ0) is 10.6. The Bertz CT molecular complexity index is 50.7. The van der Waals surface area contributed by atoms with Crippen LogP contribution in [0.5, 0.6) is 0 Å². The lowest BCUT2D eigenvalue weighted by Gasteiger charge is -2.11. The number of hydrogen-bond donors (Lipinski definition) is 1. The van der Waals surface area contributed by atoms with E-state index < -0.39 is 5.60 Å². The Morgan fingerprint density at radius 3 is 0.857 bits per heavy atom. The molecule has 0 amide bonds. The Hall–Kier alpha value is -0.0400. The molecule has 0 rings (SSSR count). The molecule has 0 spiro atoms. The van der Waals surface area contributed by atoms with Crippen LogP contribution in [0, 0.1) is 0 Å². The van der Waals surface area contributed by atoms with Gasteiger partial charge in [-0.25, -0.2) is 0 Å². The lowest BCUT2D eigenvalue weighted by atomic mass is 10.1. The lowest BCUT2D eigenvalue weighted by Crippen LogP contribution is -2.15. The minimum Gasteiger partial charge on any atom is -0.390 e. The second-order valence-corrected chi connectivity index (χ2v) is 3.58. The van der Waals surface area contributed by atoms with Crippen molar-refractivity contribution in [2.45, 2.75) is 88.2 Å². The minimum absolute atomic E-state index is 0. The Morgan fingerprint density at radius 1 is 0.786 bits per heavy atom. The van der Waals surface area contributed by atoms with Gasteiger partial charge >= 0.3 is 0 Å². The fourth-order valence-corrected chi connectivity index (χ4v) is 0. The molecular weight excluding hydrogens is 172 g/mol. The zero-order valence-corrected chi connectivity index (χ0v) is 10.1. The molecule has 0 aliphatic rings. The lowest BCUT2D eigenvalue weighted by molar-refractivity contribution is 0.0765. The SMILES string of the molecule is C.C.CCC.CCC.CCC(C)(C)O. The van der Waals surface area contributed by atoms with E-state index in [2.05, 4.69) is 27.7 Å². The summed E-state index contributed by atoms with van der Waals surface area (Å²) in [6.45, 7) is 14.1. The molecule has 0 unspecified atom stereocenters. The van der Waals surface area contributed by atoms with Gasteiger partial charge in [-0.1, -0.05) is 62.3 Å². The molecule has 0 aliphatic carbocycles. The second kappa shape index (κ2) is 23.1. The molecule has 0 radical (unpaired) electrons. The monoisotopic (exact) mass is 208 g/mol. The molecule has 0 aromatic carbocycles. The first-order valence-electron chi connectivity index (χ1n) is 5.11. The average Bonchev–Trinajstić information content (AvgIpc) is 1.90. The third-order valence-corrected chi connectivity index (χ3v) is 0.865. The van der Waals surface area contributed by atoms with Crippen LogP contribution in [-0.2, 0) is 0 Å². The first kappa shape index (κ1) is 29.2. The van der Waals surface area contributed by atoms with E-state index in [1.807, 2.05) is 6.92 Å². The molecule has 0 saturated carbocycles. The molecule has 0 aromatic heterocycles. The molecule has 1 heteroatoms. The number of aliphatic hydroxyl groups is 1. The standard InChI is InChI=1S/C5H12O.2C3H8.2CH4/c1-4-5(2,3)6;2*1-3-2;;/h6H,4H2,1-3H3;2*3H2,1-2H3;2*1H4. The van der Waals surface area contributed by atoms with E-state index in [0.717, 1.165) is 6.42 Å². The van der Waals surface area contributed by atoms with Crippen molar-refractivity contribution in [1.29, 1.82) is 0 Å². The quantitative estimate of drug-likeness (QED) is 0.622. The predicted octanol–water partition coefficient (Wildman–Crippen LogP) is 5.27. The maximum atomic E-state index is 8.83. The van der Waals surface area contributed by atoms with Crippen LogP contribution in [0.1, 0.15) is 82.6 Å². The van der Waals surface area contributed by atoms with E-state index in [1.165, 1.54) is 12.8 Å². The molecule has 1 nitrogen and oxygen atoms in total. The van der Waals surface area contributed by atoms with Gasteiger partial charge in [-0.3, -0.25) is 0 Å². The van der Waals surface area contributed by atoms with Gasteiger partial charge in [0.05, 0.1) is 5.60 Å². The fourth-order valence-electron chi connectivity index (χ4n) is 0. The highest BCUT2D eigenvalue weighted by Gasteiger charge is 2.05. The van der Waals surface area contributed by atoms with Crippen LogP contribution in [0.2, 0.25) is 0 Å². The van der Waals surface area contributed by atoms with Gasteiger partial charge in [0.2, 0.25) is 0 Å². The highest BCUT2D eigenvalue weighted by molar-refractivity contribution is 4.59. The molecule has 1 N–H and O–H groups in total. The van der Waals surface area contributed by atoms with Crippen molar-refractivity contribution < 1.29 is 5.11 Å². The molecule has 0 aromatic rings. The summed E-state index contributed by atoms with van der Waals surface area (Å²) in [5.41, 5.74) is -0.458. The molecule has 0 atom stereocenters. The molecule has 0 fully saturated rings. The highest BCUT2D eigenvalue weighted by Crippen LogP contribution is 2.03. The number of hydrogen-bond acceptors (Lipinski definition) is 1. The third kappa shape index (κ3) is 164. The van der Waals surface area contributed by atoms with Crippen molar-refractivity contribution >= 4 is 0 Å². The smallest absolute Gasteiger partial charge is 0.0589 e. The summed E-state index contributed by atoms with van der Waals surface area (Å²) in [4.78, 5) is 0. The average molecular weight is 208 g/mol. The van der Waals surface area contributed by atoms with E-state index in [9.17, 15) is 0 Å². The van der Waals surface area contributed by atoms with Crippen LogP contribution >= 0.6 is 0 Å². The van der Waals surface area contributed by atoms with Crippen LogP contribution in [0.15, 0.2) is 0 Å². The second-order valence-electron chi connectivity index (χ2n) is 3.58. The molecule has 94 valence electrons.